The molecule has 0 aromatic heterocycles. The number of ether oxygens (including phenoxy) is 4. The van der Waals surface area contributed by atoms with Crippen molar-refractivity contribution in [3.8, 4) is 0 Å². The number of rotatable bonds is 65. The fourth-order valence-electron chi connectivity index (χ4n) is 9.91. The number of aliphatic hydroxyl groups excluding tert-OH is 1. The van der Waals surface area contributed by atoms with Crippen LogP contribution < -0.4 is 0 Å². The number of unbranched alkanes of at least 4 members (excludes halogenated alkanes) is 30. The number of hydrogen-bond donors (Lipinski definition) is 3. The lowest BCUT2D eigenvalue weighted by molar-refractivity contribution is -0.161. The lowest BCUT2D eigenvalue weighted by Gasteiger charge is -2.21. The van der Waals surface area contributed by atoms with Gasteiger partial charge in [0, 0.05) is 25.7 Å². The molecule has 0 aromatic carbocycles. The standard InChI is InChI=1S/C67H130O17P2/c1-8-12-13-14-15-16-20-26-34-41-48-64(69)77-55-63(84-67(72)51-44-37-30-29-33-40-47-60(7)11-4)57-82-86(75,76)80-53-61(68)52-79-85(73,74)81-56-62(54-78-65(70)49-42-35-27-23-22-25-32-39-46-59(6)10-3)83-66(71)50-43-36-28-21-18-17-19-24-31-38-45-58(5)9-2/h58-63,68H,8-57H2,1-7H3,(H,73,74)(H,75,76)/t58?,59?,60?,61-,62-,63-/m1/s1. The minimum absolute atomic E-state index is 0.103. The molecule has 0 aliphatic carbocycles. The molecule has 0 spiro atoms. The highest BCUT2D eigenvalue weighted by Gasteiger charge is 2.30. The summed E-state index contributed by atoms with van der Waals surface area (Å²) in [5, 5.41) is 10.6. The van der Waals surface area contributed by atoms with E-state index in [0.29, 0.717) is 25.7 Å². The van der Waals surface area contributed by atoms with Gasteiger partial charge in [0.25, 0.3) is 0 Å². The van der Waals surface area contributed by atoms with Crippen molar-refractivity contribution in [1.82, 2.24) is 0 Å². The van der Waals surface area contributed by atoms with Gasteiger partial charge in [-0.15, -0.1) is 0 Å². The van der Waals surface area contributed by atoms with Crippen molar-refractivity contribution in [2.24, 2.45) is 17.8 Å². The minimum Gasteiger partial charge on any atom is -0.462 e. The summed E-state index contributed by atoms with van der Waals surface area (Å²) in [6.07, 6.45) is 40.1. The fourth-order valence-corrected chi connectivity index (χ4v) is 11.5. The van der Waals surface area contributed by atoms with E-state index in [-0.39, 0.29) is 25.7 Å². The van der Waals surface area contributed by atoms with E-state index in [2.05, 4.69) is 48.5 Å². The molecule has 8 atom stereocenters. The van der Waals surface area contributed by atoms with Gasteiger partial charge in [0.1, 0.15) is 19.3 Å². The first kappa shape index (κ1) is 84.1. The molecule has 0 aliphatic rings. The van der Waals surface area contributed by atoms with Crippen molar-refractivity contribution in [3.05, 3.63) is 0 Å². The molecule has 0 aliphatic heterocycles. The van der Waals surface area contributed by atoms with Gasteiger partial charge in [-0.3, -0.25) is 37.3 Å². The van der Waals surface area contributed by atoms with Gasteiger partial charge in [0.15, 0.2) is 12.2 Å². The van der Waals surface area contributed by atoms with Gasteiger partial charge in [-0.2, -0.15) is 0 Å². The summed E-state index contributed by atoms with van der Waals surface area (Å²) in [4.78, 5) is 72.4. The lowest BCUT2D eigenvalue weighted by atomic mass is 9.99. The number of phosphoric ester groups is 2. The van der Waals surface area contributed by atoms with E-state index in [0.717, 1.165) is 108 Å². The molecule has 19 heteroatoms. The molecule has 0 rings (SSSR count). The van der Waals surface area contributed by atoms with Crippen LogP contribution in [0.5, 0.6) is 0 Å². The smallest absolute Gasteiger partial charge is 0.462 e. The average molecular weight is 1270 g/mol. The summed E-state index contributed by atoms with van der Waals surface area (Å²) in [5.41, 5.74) is 0. The van der Waals surface area contributed by atoms with Crippen molar-refractivity contribution in [1.29, 1.82) is 0 Å². The molecule has 0 fully saturated rings. The zero-order valence-corrected chi connectivity index (χ0v) is 57.6. The Morgan fingerprint density at radius 3 is 0.826 bits per heavy atom. The third-order valence-electron chi connectivity index (χ3n) is 16.5. The van der Waals surface area contributed by atoms with Gasteiger partial charge < -0.3 is 33.8 Å². The highest BCUT2D eigenvalue weighted by molar-refractivity contribution is 7.47. The molecule has 5 unspecified atom stereocenters. The van der Waals surface area contributed by atoms with E-state index in [1.165, 1.54) is 141 Å². The summed E-state index contributed by atoms with van der Waals surface area (Å²) >= 11 is 0. The molecule has 0 heterocycles. The molecule has 0 saturated carbocycles. The molecule has 510 valence electrons. The van der Waals surface area contributed by atoms with Crippen LogP contribution in [0, 0.1) is 17.8 Å². The summed E-state index contributed by atoms with van der Waals surface area (Å²) in [6.45, 7) is 11.8. The normalized spacial score (nSPS) is 15.2. The van der Waals surface area contributed by atoms with Gasteiger partial charge in [-0.1, -0.05) is 280 Å². The number of carbonyl (C=O) groups excluding carboxylic acids is 4. The summed E-state index contributed by atoms with van der Waals surface area (Å²) in [5.74, 6) is 0.167. The van der Waals surface area contributed by atoms with Crippen LogP contribution in [-0.2, 0) is 65.4 Å². The predicted molar refractivity (Wildman–Crippen MR) is 344 cm³/mol. The number of esters is 4. The molecule has 0 radical (unpaired) electrons. The van der Waals surface area contributed by atoms with E-state index in [9.17, 15) is 43.2 Å². The fraction of sp³-hybridized carbons (Fsp3) is 0.940. The molecule has 3 N–H and O–H groups in total. The largest absolute Gasteiger partial charge is 0.472 e. The molecule has 0 aromatic rings. The van der Waals surface area contributed by atoms with Gasteiger partial charge in [-0.25, -0.2) is 9.13 Å². The van der Waals surface area contributed by atoms with Crippen LogP contribution in [0.2, 0.25) is 0 Å². The Bertz CT molecular complexity index is 1700. The maximum absolute atomic E-state index is 13.0. The lowest BCUT2D eigenvalue weighted by Crippen LogP contribution is -2.30. The number of phosphoric acid groups is 2. The molecular weight excluding hydrogens is 1140 g/mol. The van der Waals surface area contributed by atoms with Crippen LogP contribution in [0.1, 0.15) is 331 Å². The topological polar surface area (TPSA) is 237 Å². The van der Waals surface area contributed by atoms with E-state index in [1.54, 1.807) is 0 Å². The Kier molecular flexibility index (Phi) is 56.9. The second-order valence-electron chi connectivity index (χ2n) is 24.9. The predicted octanol–water partition coefficient (Wildman–Crippen LogP) is 18.7. The zero-order chi connectivity index (χ0) is 63.8. The average Bonchev–Trinajstić information content (AvgIpc) is 3.67. The van der Waals surface area contributed by atoms with Crippen molar-refractivity contribution in [3.63, 3.8) is 0 Å². The van der Waals surface area contributed by atoms with Crippen LogP contribution in [0.25, 0.3) is 0 Å². The highest BCUT2D eigenvalue weighted by Crippen LogP contribution is 2.45. The second kappa shape index (κ2) is 58.2. The quantitative estimate of drug-likeness (QED) is 0.0222. The third-order valence-corrected chi connectivity index (χ3v) is 18.4. The van der Waals surface area contributed by atoms with Crippen molar-refractivity contribution in [2.45, 2.75) is 349 Å². The van der Waals surface area contributed by atoms with E-state index >= 15 is 0 Å². The first-order valence-corrected chi connectivity index (χ1v) is 38.0. The molecule has 0 amide bonds. The van der Waals surface area contributed by atoms with Gasteiger partial charge >= 0.3 is 39.5 Å². The third kappa shape index (κ3) is 57.2. The molecule has 0 bridgehead atoms. The maximum Gasteiger partial charge on any atom is 0.472 e. The van der Waals surface area contributed by atoms with E-state index in [1.807, 2.05) is 0 Å². The van der Waals surface area contributed by atoms with Gasteiger partial charge in [0.05, 0.1) is 26.4 Å². The van der Waals surface area contributed by atoms with Gasteiger partial charge in [-0.05, 0) is 43.4 Å². The van der Waals surface area contributed by atoms with E-state index in [4.69, 9.17) is 37.0 Å². The van der Waals surface area contributed by atoms with Crippen molar-refractivity contribution >= 4 is 39.5 Å². The highest BCUT2D eigenvalue weighted by atomic mass is 31.2. The van der Waals surface area contributed by atoms with Crippen molar-refractivity contribution < 1.29 is 80.2 Å². The monoisotopic (exact) mass is 1270 g/mol. The zero-order valence-electron chi connectivity index (χ0n) is 55.8. The number of hydrogen-bond acceptors (Lipinski definition) is 15. The summed E-state index contributed by atoms with van der Waals surface area (Å²) in [6, 6.07) is 0. The van der Waals surface area contributed by atoms with Crippen LogP contribution in [0.15, 0.2) is 0 Å². The first-order valence-electron chi connectivity index (χ1n) is 35.0. The Labute approximate surface area is 524 Å². The molecule has 0 saturated heterocycles. The second-order valence-corrected chi connectivity index (χ2v) is 27.8. The minimum atomic E-state index is -4.95. The van der Waals surface area contributed by atoms with Gasteiger partial charge in [0.2, 0.25) is 0 Å². The van der Waals surface area contributed by atoms with Crippen LogP contribution >= 0.6 is 15.6 Å². The first-order chi connectivity index (χ1) is 41.3. The van der Waals surface area contributed by atoms with Crippen molar-refractivity contribution in [2.75, 3.05) is 39.6 Å². The molecule has 86 heavy (non-hydrogen) atoms. The Hall–Kier alpha value is -1.94. The maximum atomic E-state index is 13.0. The molecule has 17 nitrogen and oxygen atoms in total. The Morgan fingerprint density at radius 1 is 0.326 bits per heavy atom. The summed E-state index contributed by atoms with van der Waals surface area (Å²) in [7, 11) is -9.89. The van der Waals surface area contributed by atoms with E-state index < -0.39 is 97.5 Å². The number of carbonyl (C=O) groups is 4. The summed E-state index contributed by atoms with van der Waals surface area (Å²) < 4.78 is 68.1. The Balaban J connectivity index is 5.26. The Morgan fingerprint density at radius 2 is 0.558 bits per heavy atom. The van der Waals surface area contributed by atoms with Crippen LogP contribution in [-0.4, -0.2) is 96.7 Å². The van der Waals surface area contributed by atoms with Crippen LogP contribution in [0.4, 0.5) is 0 Å². The molecular formula is C67H130O17P2. The number of aliphatic hydroxyl groups is 1. The van der Waals surface area contributed by atoms with Crippen LogP contribution in [0.3, 0.4) is 0 Å². The SMILES string of the molecule is CCCCCCCCCCCCC(=O)OC[C@H](COP(=O)(O)OC[C@H](O)COP(=O)(O)OC[C@@H](COC(=O)CCCCCCCCCCC(C)CC)OC(=O)CCCCCCCCCCCCC(C)CC)OC(=O)CCCCCCCCC(C)CC.